The molecule has 0 N–H and O–H groups in total. The number of carbonyl (C=O) groups is 2. The maximum absolute atomic E-state index is 13.0. The molecule has 0 bridgehead atoms. The van der Waals surface area contributed by atoms with Crippen molar-refractivity contribution < 1.29 is 19.1 Å². The van der Waals surface area contributed by atoms with Crippen molar-refractivity contribution in [2.45, 2.75) is 31.7 Å². The first kappa shape index (κ1) is 24.6. The largest absolute Gasteiger partial charge is 0.490 e. The van der Waals surface area contributed by atoms with Gasteiger partial charge < -0.3 is 9.47 Å². The minimum absolute atomic E-state index is 0.182. The third-order valence-electron chi connectivity index (χ3n) is 5.30. The number of hydrogen-bond donors (Lipinski definition) is 0. The van der Waals surface area contributed by atoms with Gasteiger partial charge in [0.25, 0.3) is 5.24 Å². The summed E-state index contributed by atoms with van der Waals surface area (Å²) in [5.41, 5.74) is 2.81. The fourth-order valence-corrected chi connectivity index (χ4v) is 4.99. The van der Waals surface area contributed by atoms with Crippen LogP contribution >= 0.6 is 39.3 Å². The lowest BCUT2D eigenvalue weighted by Gasteiger charge is -2.15. The number of imide groups is 1. The van der Waals surface area contributed by atoms with Gasteiger partial charge in [0.15, 0.2) is 11.5 Å². The standard InChI is InChI=1S/C26H23BrClNO4S/c1-2-32-23-13-19(7-12-22(23)33-16-18-3-8-20(27)9-4-18)14-24-25(30)29(26(31)34-24)15-17-5-10-21(28)11-6-17/h3-13,24H,2,14-16H2,1H3/t24-/m1/s1. The van der Waals surface area contributed by atoms with Crippen molar-refractivity contribution in [1.29, 1.82) is 0 Å². The molecule has 5 nitrogen and oxygen atoms in total. The van der Waals surface area contributed by atoms with Crippen LogP contribution in [0.15, 0.2) is 71.2 Å². The van der Waals surface area contributed by atoms with E-state index < -0.39 is 5.25 Å². The lowest BCUT2D eigenvalue weighted by Crippen LogP contribution is -2.31. The minimum atomic E-state index is -0.469. The predicted molar refractivity (Wildman–Crippen MR) is 139 cm³/mol. The maximum atomic E-state index is 13.0. The Hall–Kier alpha value is -2.48. The molecule has 176 valence electrons. The molecule has 1 aliphatic heterocycles. The molecule has 1 atom stereocenters. The number of amides is 2. The molecule has 1 fully saturated rings. The van der Waals surface area contributed by atoms with Crippen LogP contribution in [-0.2, 0) is 24.4 Å². The van der Waals surface area contributed by atoms with Gasteiger partial charge in [-0.15, -0.1) is 0 Å². The van der Waals surface area contributed by atoms with E-state index in [0.717, 1.165) is 32.9 Å². The lowest BCUT2D eigenvalue weighted by molar-refractivity contribution is -0.127. The van der Waals surface area contributed by atoms with Gasteiger partial charge in [-0.25, -0.2) is 0 Å². The Morgan fingerprint density at radius 2 is 1.59 bits per heavy atom. The number of ether oxygens (including phenoxy) is 2. The zero-order chi connectivity index (χ0) is 24.1. The topological polar surface area (TPSA) is 55.8 Å². The maximum Gasteiger partial charge on any atom is 0.289 e. The number of nitrogens with zero attached hydrogens (tertiary/aromatic N) is 1. The Balaban J connectivity index is 1.42. The second-order valence-corrected chi connectivity index (χ2v) is 10.3. The molecule has 3 aromatic rings. The number of benzene rings is 3. The first-order valence-electron chi connectivity index (χ1n) is 10.8. The second-order valence-electron chi connectivity index (χ2n) is 7.76. The van der Waals surface area contributed by atoms with Crippen LogP contribution < -0.4 is 9.47 Å². The van der Waals surface area contributed by atoms with Crippen LogP contribution in [-0.4, -0.2) is 27.9 Å². The van der Waals surface area contributed by atoms with Crippen LogP contribution in [0.5, 0.6) is 11.5 Å². The van der Waals surface area contributed by atoms with E-state index in [0.29, 0.717) is 36.2 Å². The Bertz CT molecular complexity index is 1170. The van der Waals surface area contributed by atoms with Gasteiger partial charge >= 0.3 is 0 Å². The number of hydrogen-bond acceptors (Lipinski definition) is 5. The van der Waals surface area contributed by atoms with Crippen molar-refractivity contribution in [2.75, 3.05) is 6.61 Å². The number of halogens is 2. The van der Waals surface area contributed by atoms with E-state index in [2.05, 4.69) is 15.9 Å². The van der Waals surface area contributed by atoms with Gasteiger partial charge in [0, 0.05) is 9.50 Å². The van der Waals surface area contributed by atoms with Crippen LogP contribution in [0.3, 0.4) is 0 Å². The average Bonchev–Trinajstić information content (AvgIpc) is 3.08. The van der Waals surface area contributed by atoms with Crippen molar-refractivity contribution in [2.24, 2.45) is 0 Å². The molecular formula is C26H23BrClNO4S. The summed E-state index contributed by atoms with van der Waals surface area (Å²) in [6.45, 7) is 3.06. The fraction of sp³-hybridized carbons (Fsp3) is 0.231. The van der Waals surface area contributed by atoms with Gasteiger partial charge in [-0.2, -0.15) is 0 Å². The summed E-state index contributed by atoms with van der Waals surface area (Å²) in [4.78, 5) is 26.8. The molecule has 0 saturated carbocycles. The highest BCUT2D eigenvalue weighted by atomic mass is 79.9. The summed E-state index contributed by atoms with van der Waals surface area (Å²) in [7, 11) is 0. The van der Waals surface area contributed by atoms with Crippen LogP contribution in [0.25, 0.3) is 0 Å². The summed E-state index contributed by atoms with van der Waals surface area (Å²) in [5.74, 6) is 1.08. The van der Waals surface area contributed by atoms with E-state index in [1.54, 1.807) is 12.1 Å². The summed E-state index contributed by atoms with van der Waals surface area (Å²) >= 11 is 10.4. The van der Waals surface area contributed by atoms with Crippen molar-refractivity contribution >= 4 is 50.4 Å². The molecule has 0 aliphatic carbocycles. The average molecular weight is 561 g/mol. The number of carbonyl (C=O) groups excluding carboxylic acids is 2. The van der Waals surface area contributed by atoms with Gasteiger partial charge in [0.2, 0.25) is 5.91 Å². The lowest BCUT2D eigenvalue weighted by atomic mass is 10.1. The molecular weight excluding hydrogens is 538 g/mol. The third kappa shape index (κ3) is 6.14. The van der Waals surface area contributed by atoms with E-state index in [1.165, 1.54) is 4.90 Å². The SMILES string of the molecule is CCOc1cc(C[C@H]2SC(=O)N(Cc3ccc(Cl)cc3)C2=O)ccc1OCc1ccc(Br)cc1. The van der Waals surface area contributed by atoms with Crippen molar-refractivity contribution in [3.05, 3.63) is 92.9 Å². The van der Waals surface area contributed by atoms with E-state index in [-0.39, 0.29) is 17.7 Å². The summed E-state index contributed by atoms with van der Waals surface area (Å²) in [6, 6.07) is 20.7. The van der Waals surface area contributed by atoms with Gasteiger partial charge in [0.05, 0.1) is 18.4 Å². The van der Waals surface area contributed by atoms with Crippen LogP contribution in [0, 0.1) is 0 Å². The van der Waals surface area contributed by atoms with Gasteiger partial charge in [-0.3, -0.25) is 14.5 Å². The molecule has 0 aromatic heterocycles. The zero-order valence-electron chi connectivity index (χ0n) is 18.5. The predicted octanol–water partition coefficient (Wildman–Crippen LogP) is 6.89. The number of rotatable bonds is 9. The molecule has 4 rings (SSSR count). The van der Waals surface area contributed by atoms with Crippen molar-refractivity contribution in [1.82, 2.24) is 4.90 Å². The molecule has 1 saturated heterocycles. The Morgan fingerprint density at radius 1 is 0.912 bits per heavy atom. The monoisotopic (exact) mass is 559 g/mol. The molecule has 8 heteroatoms. The zero-order valence-corrected chi connectivity index (χ0v) is 21.7. The molecule has 0 radical (unpaired) electrons. The number of thioether (sulfide) groups is 1. The Labute approximate surface area is 216 Å². The van der Waals surface area contributed by atoms with Crippen LogP contribution in [0.4, 0.5) is 4.79 Å². The summed E-state index contributed by atoms with van der Waals surface area (Å²) in [5, 5.41) is -0.0855. The quantitative estimate of drug-likeness (QED) is 0.285. The second kappa shape index (κ2) is 11.3. The highest BCUT2D eigenvalue weighted by Gasteiger charge is 2.39. The molecule has 3 aromatic carbocycles. The third-order valence-corrected chi connectivity index (χ3v) is 7.15. The van der Waals surface area contributed by atoms with Crippen LogP contribution in [0.2, 0.25) is 5.02 Å². The summed E-state index contributed by atoms with van der Waals surface area (Å²) < 4.78 is 12.8. The van der Waals surface area contributed by atoms with E-state index in [9.17, 15) is 9.59 Å². The minimum Gasteiger partial charge on any atom is -0.490 e. The Morgan fingerprint density at radius 3 is 2.29 bits per heavy atom. The highest BCUT2D eigenvalue weighted by molar-refractivity contribution is 9.10. The highest BCUT2D eigenvalue weighted by Crippen LogP contribution is 2.34. The van der Waals surface area contributed by atoms with Crippen molar-refractivity contribution in [3.8, 4) is 11.5 Å². The molecule has 1 heterocycles. The van der Waals surface area contributed by atoms with Gasteiger partial charge in [-0.1, -0.05) is 69.6 Å². The van der Waals surface area contributed by atoms with E-state index in [1.807, 2.05) is 61.5 Å². The summed E-state index contributed by atoms with van der Waals surface area (Å²) in [6.07, 6.45) is 0.430. The Kier molecular flexibility index (Phi) is 8.19. The molecule has 0 unspecified atom stereocenters. The fourth-order valence-electron chi connectivity index (χ4n) is 3.57. The first-order chi connectivity index (χ1) is 16.4. The van der Waals surface area contributed by atoms with Crippen LogP contribution in [0.1, 0.15) is 23.6 Å². The molecule has 2 amide bonds. The normalized spacial score (nSPS) is 15.6. The van der Waals surface area contributed by atoms with E-state index in [4.69, 9.17) is 21.1 Å². The first-order valence-corrected chi connectivity index (χ1v) is 12.9. The molecule has 34 heavy (non-hydrogen) atoms. The van der Waals surface area contributed by atoms with Crippen molar-refractivity contribution in [3.63, 3.8) is 0 Å². The van der Waals surface area contributed by atoms with Gasteiger partial charge in [0.1, 0.15) is 6.61 Å². The van der Waals surface area contributed by atoms with E-state index >= 15 is 0 Å². The molecule has 1 aliphatic rings. The van der Waals surface area contributed by atoms with Gasteiger partial charge in [-0.05, 0) is 66.4 Å². The smallest absolute Gasteiger partial charge is 0.289 e. The molecule has 0 spiro atoms.